The standard InChI is InChI=1S/C29H28ClNO2.ClH/c1-21-11-13-23(14-12-21)29-28(30)25(15-16-31-17-19-32-20-18-31)27(22-7-3-2-4-8-22)24-9-5-6-10-26(24)33-29;/h2-15,27H,16-20H2,1H3;1H. The van der Waals surface area contributed by atoms with Crippen molar-refractivity contribution in [2.75, 3.05) is 32.8 Å². The van der Waals surface area contributed by atoms with Crippen molar-refractivity contribution >= 4 is 17.4 Å². The molecule has 3 nitrogen and oxygen atoms in total. The number of aryl methyl sites for hydroxylation is 1. The fraction of sp³-hybridized carbons (Fsp3) is 0.241. The third-order valence-corrected chi connectivity index (χ3v) is 6.85. The van der Waals surface area contributed by atoms with Gasteiger partial charge in [0.05, 0.1) is 24.8 Å². The third-order valence-electron chi connectivity index (χ3n) is 6.46. The highest BCUT2D eigenvalue weighted by atomic mass is 35.5. The fourth-order valence-electron chi connectivity index (χ4n) is 4.61. The molecule has 0 aromatic heterocycles. The number of fused-ring (bicyclic) bond motifs is 1. The molecular weight excluding hydrogens is 465 g/mol. The largest absolute Gasteiger partial charge is 1.00 e. The Morgan fingerprint density at radius 1 is 0.912 bits per heavy atom. The molecule has 1 N–H and O–H groups in total. The van der Waals surface area contributed by atoms with Crippen molar-refractivity contribution in [2.45, 2.75) is 12.8 Å². The third kappa shape index (κ3) is 5.24. The van der Waals surface area contributed by atoms with Gasteiger partial charge in [-0.3, -0.25) is 0 Å². The molecule has 1 saturated heterocycles. The molecule has 0 radical (unpaired) electrons. The summed E-state index contributed by atoms with van der Waals surface area (Å²) >= 11 is 7.23. The van der Waals surface area contributed by atoms with Crippen molar-refractivity contribution in [2.24, 2.45) is 0 Å². The molecule has 0 spiro atoms. The molecule has 0 aliphatic carbocycles. The smallest absolute Gasteiger partial charge is 0.153 e. The molecule has 5 rings (SSSR count). The first-order valence-corrected chi connectivity index (χ1v) is 12.0. The quantitative estimate of drug-likeness (QED) is 0.600. The minimum Gasteiger partial charge on any atom is -1.00 e. The van der Waals surface area contributed by atoms with Gasteiger partial charge < -0.3 is 26.8 Å². The summed E-state index contributed by atoms with van der Waals surface area (Å²) < 4.78 is 12.1. The molecule has 0 bridgehead atoms. The second-order valence-electron chi connectivity index (χ2n) is 8.72. The van der Waals surface area contributed by atoms with E-state index in [1.807, 2.05) is 12.1 Å². The molecule has 34 heavy (non-hydrogen) atoms. The van der Waals surface area contributed by atoms with E-state index in [1.165, 1.54) is 16.0 Å². The number of hydrogen-bond donors (Lipinski definition) is 1. The van der Waals surface area contributed by atoms with Crippen molar-refractivity contribution in [1.82, 2.24) is 0 Å². The summed E-state index contributed by atoms with van der Waals surface area (Å²) in [6.07, 6.45) is 2.32. The van der Waals surface area contributed by atoms with Crippen LogP contribution in [0.3, 0.4) is 0 Å². The fourth-order valence-corrected chi connectivity index (χ4v) is 4.95. The Morgan fingerprint density at radius 3 is 2.32 bits per heavy atom. The van der Waals surface area contributed by atoms with E-state index >= 15 is 0 Å². The number of nitrogens with one attached hydrogen (secondary N) is 1. The highest BCUT2D eigenvalue weighted by Crippen LogP contribution is 2.47. The summed E-state index contributed by atoms with van der Waals surface area (Å²) in [7, 11) is 0. The Kier molecular flexibility index (Phi) is 8.12. The molecule has 2 heterocycles. The maximum atomic E-state index is 7.23. The van der Waals surface area contributed by atoms with E-state index in [9.17, 15) is 0 Å². The van der Waals surface area contributed by atoms with E-state index in [0.29, 0.717) is 10.8 Å². The zero-order valence-corrected chi connectivity index (χ0v) is 20.8. The van der Waals surface area contributed by atoms with Crippen LogP contribution in [0.15, 0.2) is 95.5 Å². The lowest BCUT2D eigenvalue weighted by Gasteiger charge is -2.24. The van der Waals surface area contributed by atoms with Gasteiger partial charge in [0.25, 0.3) is 0 Å². The minimum absolute atomic E-state index is 0. The van der Waals surface area contributed by atoms with Gasteiger partial charge in [-0.05, 0) is 30.2 Å². The second kappa shape index (κ2) is 11.2. The predicted octanol–water partition coefficient (Wildman–Crippen LogP) is 1.97. The number of ether oxygens (including phenoxy) is 2. The first-order chi connectivity index (χ1) is 16.2. The monoisotopic (exact) mass is 493 g/mol. The van der Waals surface area contributed by atoms with Gasteiger partial charge in [-0.15, -0.1) is 0 Å². The molecule has 3 aromatic carbocycles. The molecule has 0 amide bonds. The van der Waals surface area contributed by atoms with Crippen LogP contribution in [-0.4, -0.2) is 32.8 Å². The van der Waals surface area contributed by atoms with Crippen LogP contribution in [0.1, 0.15) is 28.2 Å². The zero-order chi connectivity index (χ0) is 22.6. The maximum absolute atomic E-state index is 7.23. The Bertz CT molecular complexity index is 1170. The molecule has 1 fully saturated rings. The summed E-state index contributed by atoms with van der Waals surface area (Å²) in [5.74, 6) is 1.56. The molecule has 176 valence electrons. The summed E-state index contributed by atoms with van der Waals surface area (Å²) in [6, 6.07) is 27.3. The highest BCUT2D eigenvalue weighted by molar-refractivity contribution is 6.35. The Hall–Kier alpha value is -2.56. The average Bonchev–Trinajstić information content (AvgIpc) is 2.99. The molecule has 3 aromatic rings. The van der Waals surface area contributed by atoms with Crippen LogP contribution in [0, 0.1) is 6.92 Å². The average molecular weight is 494 g/mol. The van der Waals surface area contributed by atoms with Crippen molar-refractivity contribution in [3.8, 4) is 5.75 Å². The lowest BCUT2D eigenvalue weighted by atomic mass is 9.84. The highest BCUT2D eigenvalue weighted by Gasteiger charge is 2.31. The van der Waals surface area contributed by atoms with E-state index in [2.05, 4.69) is 79.7 Å². The summed E-state index contributed by atoms with van der Waals surface area (Å²) in [5, 5.41) is 0.677. The van der Waals surface area contributed by atoms with Gasteiger partial charge in [0.15, 0.2) is 5.76 Å². The lowest BCUT2D eigenvalue weighted by molar-refractivity contribution is -0.902. The van der Waals surface area contributed by atoms with E-state index in [1.54, 1.807) is 0 Å². The Morgan fingerprint density at radius 2 is 1.59 bits per heavy atom. The van der Waals surface area contributed by atoms with Crippen molar-refractivity contribution in [3.63, 3.8) is 0 Å². The van der Waals surface area contributed by atoms with Gasteiger partial charge >= 0.3 is 0 Å². The molecule has 0 saturated carbocycles. The van der Waals surface area contributed by atoms with Crippen molar-refractivity contribution < 1.29 is 26.8 Å². The van der Waals surface area contributed by atoms with E-state index in [4.69, 9.17) is 21.1 Å². The number of rotatable bonds is 4. The van der Waals surface area contributed by atoms with Crippen LogP contribution in [0.4, 0.5) is 0 Å². The van der Waals surface area contributed by atoms with E-state index < -0.39 is 0 Å². The van der Waals surface area contributed by atoms with Crippen LogP contribution in [0.5, 0.6) is 5.75 Å². The molecule has 1 unspecified atom stereocenters. The topological polar surface area (TPSA) is 22.9 Å². The molecule has 2 aliphatic rings. The van der Waals surface area contributed by atoms with Crippen LogP contribution in [0.2, 0.25) is 0 Å². The second-order valence-corrected chi connectivity index (χ2v) is 9.10. The van der Waals surface area contributed by atoms with E-state index in [-0.39, 0.29) is 18.3 Å². The number of quaternary nitrogens is 1. The van der Waals surface area contributed by atoms with Crippen LogP contribution in [0.25, 0.3) is 5.76 Å². The summed E-state index contributed by atoms with van der Waals surface area (Å²) in [6.45, 7) is 6.64. The molecule has 5 heteroatoms. The van der Waals surface area contributed by atoms with Gasteiger partial charge in [0.1, 0.15) is 18.8 Å². The molecule has 2 aliphatic heterocycles. The lowest BCUT2D eigenvalue weighted by Crippen LogP contribution is -3.13. The van der Waals surface area contributed by atoms with Crippen LogP contribution < -0.4 is 22.0 Å². The summed E-state index contributed by atoms with van der Waals surface area (Å²) in [5.41, 5.74) is 5.63. The van der Waals surface area contributed by atoms with Gasteiger partial charge in [0, 0.05) is 17.0 Å². The number of morpholine rings is 1. The minimum atomic E-state index is -0.00158. The first kappa shape index (κ1) is 24.6. The van der Waals surface area contributed by atoms with Gasteiger partial charge in [-0.2, -0.15) is 0 Å². The number of para-hydroxylation sites is 1. The zero-order valence-electron chi connectivity index (χ0n) is 19.3. The van der Waals surface area contributed by atoms with Gasteiger partial charge in [0.2, 0.25) is 0 Å². The summed E-state index contributed by atoms with van der Waals surface area (Å²) in [4.78, 5) is 1.51. The number of halogens is 2. The SMILES string of the molecule is Cc1ccc(C2=C(Cl)C(=CC[NH+]3CCOCC3)C(c3ccccc3)c3ccccc3O2)cc1.[Cl-]. The predicted molar refractivity (Wildman–Crippen MR) is 134 cm³/mol. The molecule has 1 atom stereocenters. The van der Waals surface area contributed by atoms with Crippen LogP contribution in [-0.2, 0) is 4.74 Å². The van der Waals surface area contributed by atoms with Gasteiger partial charge in [-0.1, -0.05) is 90.0 Å². The Labute approximate surface area is 213 Å². The first-order valence-electron chi connectivity index (χ1n) is 11.6. The van der Waals surface area contributed by atoms with Gasteiger partial charge in [-0.25, -0.2) is 0 Å². The maximum Gasteiger partial charge on any atom is 0.153 e. The van der Waals surface area contributed by atoms with E-state index in [0.717, 1.165) is 55.3 Å². The Balaban J connectivity index is 0.00000274. The number of hydrogen-bond acceptors (Lipinski definition) is 2. The van der Waals surface area contributed by atoms with Crippen molar-refractivity contribution in [1.29, 1.82) is 0 Å². The van der Waals surface area contributed by atoms with Crippen molar-refractivity contribution in [3.05, 3.63) is 118 Å². The normalized spacial score (nSPS) is 19.7. The molecular formula is C29H29Cl2NO2. The van der Waals surface area contributed by atoms with Crippen LogP contribution >= 0.6 is 11.6 Å². The number of allylic oxidation sites excluding steroid dienone is 2. The number of benzene rings is 3.